The fourth-order valence-electron chi connectivity index (χ4n) is 2.61. The third-order valence-corrected chi connectivity index (χ3v) is 6.63. The molecule has 0 spiro atoms. The first kappa shape index (κ1) is 18.7. The van der Waals surface area contributed by atoms with Crippen LogP contribution in [-0.4, -0.2) is 24.9 Å². The zero-order chi connectivity index (χ0) is 18.6. The third kappa shape index (κ3) is 4.75. The predicted octanol–water partition coefficient (Wildman–Crippen LogP) is 3.48. The molecular formula is C19H21N3O2S2. The Balaban J connectivity index is 1.61. The van der Waals surface area contributed by atoms with E-state index in [4.69, 9.17) is 0 Å². The Labute approximate surface area is 158 Å². The Morgan fingerprint density at radius 2 is 1.85 bits per heavy atom. The molecule has 1 aromatic carbocycles. The minimum absolute atomic E-state index is 0.000527. The highest BCUT2D eigenvalue weighted by molar-refractivity contribution is 7.88. The summed E-state index contributed by atoms with van der Waals surface area (Å²) in [5.41, 5.74) is 3.57. The van der Waals surface area contributed by atoms with Gasteiger partial charge < -0.3 is 0 Å². The molecule has 0 unspecified atom stereocenters. The largest absolute Gasteiger partial charge is 0.254 e. The Morgan fingerprint density at radius 1 is 1.08 bits per heavy atom. The van der Waals surface area contributed by atoms with E-state index in [1.165, 1.54) is 0 Å². The highest BCUT2D eigenvalue weighted by Crippen LogP contribution is 2.26. The first-order valence-corrected chi connectivity index (χ1v) is 10.8. The van der Waals surface area contributed by atoms with Crippen LogP contribution < -0.4 is 4.72 Å². The van der Waals surface area contributed by atoms with E-state index in [1.807, 2.05) is 56.3 Å². The molecule has 2 aromatic heterocycles. The van der Waals surface area contributed by atoms with E-state index in [2.05, 4.69) is 14.7 Å². The molecule has 0 bridgehead atoms. The van der Waals surface area contributed by atoms with E-state index in [9.17, 15) is 8.42 Å². The summed E-state index contributed by atoms with van der Waals surface area (Å²) in [6, 6.07) is 13.3. The van der Waals surface area contributed by atoms with Crippen LogP contribution in [0.25, 0.3) is 10.7 Å². The van der Waals surface area contributed by atoms with Crippen molar-refractivity contribution in [2.45, 2.75) is 26.0 Å². The maximum Gasteiger partial charge on any atom is 0.215 e. The van der Waals surface area contributed by atoms with Gasteiger partial charge in [0.15, 0.2) is 0 Å². The number of nitrogens with zero attached hydrogens (tertiary/aromatic N) is 2. The molecule has 0 saturated heterocycles. The van der Waals surface area contributed by atoms with E-state index in [1.54, 1.807) is 17.5 Å². The van der Waals surface area contributed by atoms with Crippen LogP contribution in [0.15, 0.2) is 48.7 Å². The summed E-state index contributed by atoms with van der Waals surface area (Å²) < 4.78 is 27.3. The summed E-state index contributed by atoms with van der Waals surface area (Å²) in [5, 5.41) is 0.862. The standard InChI is InChI=1S/C19H21N3O2S2/c1-14-7-3-4-8-16(14)13-26(23,24)21-12-10-18-15(2)22-19(25-18)17-9-5-6-11-20-17/h3-9,11,21H,10,12-13H2,1-2H3. The van der Waals surface area contributed by atoms with Crippen LogP contribution in [0.3, 0.4) is 0 Å². The molecule has 26 heavy (non-hydrogen) atoms. The smallest absolute Gasteiger partial charge is 0.215 e. The molecule has 0 fully saturated rings. The lowest BCUT2D eigenvalue weighted by molar-refractivity contribution is 0.580. The van der Waals surface area contributed by atoms with Crippen molar-refractivity contribution in [2.24, 2.45) is 0 Å². The van der Waals surface area contributed by atoms with Gasteiger partial charge in [0.2, 0.25) is 10.0 Å². The van der Waals surface area contributed by atoms with Gasteiger partial charge in [-0.2, -0.15) is 0 Å². The van der Waals surface area contributed by atoms with Gasteiger partial charge in [-0.15, -0.1) is 11.3 Å². The number of sulfonamides is 1. The SMILES string of the molecule is Cc1ccccc1CS(=O)(=O)NCCc1sc(-c2ccccn2)nc1C. The van der Waals surface area contributed by atoms with E-state index in [0.717, 1.165) is 32.4 Å². The Morgan fingerprint density at radius 3 is 2.58 bits per heavy atom. The monoisotopic (exact) mass is 387 g/mol. The van der Waals surface area contributed by atoms with Gasteiger partial charge in [0.05, 0.1) is 17.1 Å². The Hall–Kier alpha value is -2.09. The molecule has 136 valence electrons. The molecule has 7 heteroatoms. The number of aryl methyl sites for hydroxylation is 2. The fraction of sp³-hybridized carbons (Fsp3) is 0.263. The number of benzene rings is 1. The molecule has 2 heterocycles. The molecule has 5 nitrogen and oxygen atoms in total. The molecule has 3 aromatic rings. The maximum absolute atomic E-state index is 12.3. The van der Waals surface area contributed by atoms with Gasteiger partial charge in [-0.25, -0.2) is 18.1 Å². The summed E-state index contributed by atoms with van der Waals surface area (Å²) in [7, 11) is -3.36. The molecule has 0 saturated carbocycles. The molecule has 0 amide bonds. The summed E-state index contributed by atoms with van der Waals surface area (Å²) in [6.07, 6.45) is 2.36. The quantitative estimate of drug-likeness (QED) is 0.674. The van der Waals surface area contributed by atoms with Crippen LogP contribution in [0.1, 0.15) is 21.7 Å². The van der Waals surface area contributed by atoms with Gasteiger partial charge in [0.25, 0.3) is 0 Å². The van der Waals surface area contributed by atoms with Crippen LogP contribution >= 0.6 is 11.3 Å². The predicted molar refractivity (Wildman–Crippen MR) is 106 cm³/mol. The second-order valence-corrected chi connectivity index (χ2v) is 8.96. The molecule has 0 radical (unpaired) electrons. The lowest BCUT2D eigenvalue weighted by Gasteiger charge is -2.08. The maximum atomic E-state index is 12.3. The minimum Gasteiger partial charge on any atom is -0.254 e. The van der Waals surface area contributed by atoms with Crippen LogP contribution in [0.5, 0.6) is 0 Å². The van der Waals surface area contributed by atoms with E-state index in [0.29, 0.717) is 13.0 Å². The van der Waals surface area contributed by atoms with Crippen molar-refractivity contribution in [1.82, 2.24) is 14.7 Å². The molecule has 3 rings (SSSR count). The first-order valence-electron chi connectivity index (χ1n) is 8.34. The normalized spacial score (nSPS) is 11.6. The highest BCUT2D eigenvalue weighted by Gasteiger charge is 2.14. The van der Waals surface area contributed by atoms with Gasteiger partial charge >= 0.3 is 0 Å². The van der Waals surface area contributed by atoms with Crippen molar-refractivity contribution < 1.29 is 8.42 Å². The van der Waals surface area contributed by atoms with Gasteiger partial charge in [-0.05, 0) is 43.5 Å². The summed E-state index contributed by atoms with van der Waals surface area (Å²) >= 11 is 1.56. The van der Waals surface area contributed by atoms with E-state index < -0.39 is 10.0 Å². The van der Waals surface area contributed by atoms with Crippen LogP contribution in [0, 0.1) is 13.8 Å². The fourth-order valence-corrected chi connectivity index (χ4v) is 4.89. The second kappa shape index (κ2) is 8.07. The highest BCUT2D eigenvalue weighted by atomic mass is 32.2. The Kier molecular flexibility index (Phi) is 5.80. The van der Waals surface area contributed by atoms with Crippen LogP contribution in [0.4, 0.5) is 0 Å². The number of hydrogen-bond donors (Lipinski definition) is 1. The number of nitrogens with one attached hydrogen (secondary N) is 1. The van der Waals surface area contributed by atoms with Gasteiger partial charge in [0, 0.05) is 17.6 Å². The molecule has 1 N–H and O–H groups in total. The van der Waals surface area contributed by atoms with Crippen molar-refractivity contribution in [3.63, 3.8) is 0 Å². The van der Waals surface area contributed by atoms with Crippen molar-refractivity contribution >= 4 is 21.4 Å². The van der Waals surface area contributed by atoms with Crippen molar-refractivity contribution in [2.75, 3.05) is 6.54 Å². The third-order valence-electron chi connectivity index (χ3n) is 4.06. The second-order valence-electron chi connectivity index (χ2n) is 6.07. The summed E-state index contributed by atoms with van der Waals surface area (Å²) in [6.45, 7) is 4.23. The molecule has 0 aliphatic heterocycles. The number of rotatable bonds is 7. The molecule has 0 aliphatic rings. The number of aromatic nitrogens is 2. The Bertz CT molecular complexity index is 983. The van der Waals surface area contributed by atoms with Crippen molar-refractivity contribution in [3.8, 4) is 10.7 Å². The number of hydrogen-bond acceptors (Lipinski definition) is 5. The zero-order valence-corrected chi connectivity index (χ0v) is 16.4. The minimum atomic E-state index is -3.36. The van der Waals surface area contributed by atoms with Crippen LogP contribution in [-0.2, 0) is 22.2 Å². The number of pyridine rings is 1. The molecular weight excluding hydrogens is 366 g/mol. The lowest BCUT2D eigenvalue weighted by atomic mass is 10.1. The van der Waals surface area contributed by atoms with Gasteiger partial charge in [-0.3, -0.25) is 4.98 Å². The topological polar surface area (TPSA) is 72.0 Å². The van der Waals surface area contributed by atoms with Crippen molar-refractivity contribution in [3.05, 3.63) is 70.4 Å². The molecule has 0 atom stereocenters. The van der Waals surface area contributed by atoms with E-state index in [-0.39, 0.29) is 5.75 Å². The van der Waals surface area contributed by atoms with Crippen molar-refractivity contribution in [1.29, 1.82) is 0 Å². The lowest BCUT2D eigenvalue weighted by Crippen LogP contribution is -2.27. The van der Waals surface area contributed by atoms with Gasteiger partial charge in [-0.1, -0.05) is 30.3 Å². The van der Waals surface area contributed by atoms with Gasteiger partial charge in [0.1, 0.15) is 5.01 Å². The van der Waals surface area contributed by atoms with Crippen LogP contribution in [0.2, 0.25) is 0 Å². The first-order chi connectivity index (χ1) is 12.4. The number of thiazole rings is 1. The average Bonchev–Trinajstić information content (AvgIpc) is 2.98. The van der Waals surface area contributed by atoms with E-state index >= 15 is 0 Å². The zero-order valence-electron chi connectivity index (χ0n) is 14.8. The summed E-state index contributed by atoms with van der Waals surface area (Å²) in [5.74, 6) is 0.000527. The molecule has 0 aliphatic carbocycles. The summed E-state index contributed by atoms with van der Waals surface area (Å²) in [4.78, 5) is 9.94. The average molecular weight is 388 g/mol.